The summed E-state index contributed by atoms with van der Waals surface area (Å²) in [5, 5.41) is 0. The van der Waals surface area contributed by atoms with Crippen LogP contribution in [0.5, 0.6) is 0 Å². The molecule has 2 aromatic rings. The van der Waals surface area contributed by atoms with Gasteiger partial charge in [-0.1, -0.05) is 49.4 Å². The molecule has 1 heterocycles. The maximum absolute atomic E-state index is 2.26. The highest BCUT2D eigenvalue weighted by atomic mass is 15.0. The van der Waals surface area contributed by atoms with Gasteiger partial charge in [-0.05, 0) is 76.3 Å². The van der Waals surface area contributed by atoms with Gasteiger partial charge >= 0.3 is 0 Å². The van der Waals surface area contributed by atoms with Crippen LogP contribution >= 0.6 is 0 Å². The van der Waals surface area contributed by atoms with E-state index in [-0.39, 0.29) is 7.43 Å². The van der Waals surface area contributed by atoms with Gasteiger partial charge in [-0.3, -0.25) is 0 Å². The molecule has 1 aliphatic heterocycles. The first-order chi connectivity index (χ1) is 12.5. The summed E-state index contributed by atoms with van der Waals surface area (Å²) in [6, 6.07) is 12.9. The van der Waals surface area contributed by atoms with Gasteiger partial charge in [0.15, 0.2) is 11.4 Å². The normalized spacial score (nSPS) is 12.6. The van der Waals surface area contributed by atoms with Gasteiger partial charge < -0.3 is 0 Å². The first-order valence-corrected chi connectivity index (χ1v) is 9.83. The molecule has 0 spiro atoms. The van der Waals surface area contributed by atoms with Crippen LogP contribution in [-0.2, 0) is 0 Å². The third-order valence-corrected chi connectivity index (χ3v) is 5.75. The van der Waals surface area contributed by atoms with E-state index in [1.807, 2.05) is 0 Å². The van der Waals surface area contributed by atoms with Gasteiger partial charge in [-0.15, -0.1) is 0 Å². The molecule has 1 aliphatic rings. The second-order valence-electron chi connectivity index (χ2n) is 7.94. The van der Waals surface area contributed by atoms with Crippen molar-refractivity contribution in [2.45, 2.75) is 76.2 Å². The number of aryl methyl sites for hydroxylation is 5. The van der Waals surface area contributed by atoms with Crippen LogP contribution in [0.4, 0.5) is 0 Å². The lowest BCUT2D eigenvalue weighted by molar-refractivity contribution is -0.441. The summed E-state index contributed by atoms with van der Waals surface area (Å²) in [4.78, 5) is 0. The van der Waals surface area contributed by atoms with Crippen LogP contribution in [0.1, 0.15) is 68.0 Å². The van der Waals surface area contributed by atoms with Crippen molar-refractivity contribution in [2.24, 2.45) is 0 Å². The molecule has 0 saturated carbocycles. The smallest absolute Gasteiger partial charge is 0.177 e. The Morgan fingerprint density at radius 3 is 1.50 bits per heavy atom. The third-order valence-electron chi connectivity index (χ3n) is 5.75. The molecule has 0 radical (unpaired) electrons. The van der Waals surface area contributed by atoms with Crippen LogP contribution in [0.15, 0.2) is 47.7 Å². The molecule has 0 unspecified atom stereocenters. The van der Waals surface area contributed by atoms with E-state index in [9.17, 15) is 0 Å². The van der Waals surface area contributed by atoms with E-state index < -0.39 is 0 Å². The van der Waals surface area contributed by atoms with E-state index in [2.05, 4.69) is 110 Å². The van der Waals surface area contributed by atoms with Crippen LogP contribution in [0.2, 0.25) is 0 Å². The molecule has 1 nitrogen and oxygen atoms in total. The Kier molecular flexibility index (Phi) is 10.7. The van der Waals surface area contributed by atoms with Gasteiger partial charge in [0.2, 0.25) is 0 Å². The number of benzene rings is 2. The molecule has 0 atom stereocenters. The van der Waals surface area contributed by atoms with Gasteiger partial charge in [0.25, 0.3) is 0 Å². The quantitative estimate of drug-likeness (QED) is 0.413. The topological polar surface area (TPSA) is 3.01 Å². The monoisotopic (exact) mass is 380 g/mol. The van der Waals surface area contributed by atoms with E-state index in [4.69, 9.17) is 0 Å². The van der Waals surface area contributed by atoms with Crippen molar-refractivity contribution in [3.63, 3.8) is 0 Å². The van der Waals surface area contributed by atoms with Crippen molar-refractivity contribution in [1.82, 2.24) is 0 Å². The molecule has 0 amide bonds. The highest BCUT2D eigenvalue weighted by Crippen LogP contribution is 2.16. The van der Waals surface area contributed by atoms with E-state index in [1.54, 1.807) is 0 Å². The molecule has 2 aromatic carbocycles. The van der Waals surface area contributed by atoms with Crippen LogP contribution in [0, 0.1) is 41.5 Å². The van der Waals surface area contributed by atoms with Crippen molar-refractivity contribution in [3.8, 4) is 0 Å². The fourth-order valence-electron chi connectivity index (χ4n) is 2.99. The Bertz CT molecular complexity index is 808. The Morgan fingerprint density at radius 1 is 0.679 bits per heavy atom. The fourth-order valence-corrected chi connectivity index (χ4v) is 2.99. The van der Waals surface area contributed by atoms with Gasteiger partial charge in [0.05, 0.1) is 6.42 Å². The first kappa shape index (κ1) is 25.9. The van der Waals surface area contributed by atoms with Gasteiger partial charge in [-0.2, -0.15) is 0 Å². The van der Waals surface area contributed by atoms with E-state index in [1.165, 1.54) is 56.8 Å². The van der Waals surface area contributed by atoms with E-state index in [0.29, 0.717) is 0 Å². The van der Waals surface area contributed by atoms with E-state index >= 15 is 0 Å². The molecule has 0 saturated heterocycles. The minimum atomic E-state index is 0. The van der Waals surface area contributed by atoms with Crippen LogP contribution in [-0.4, -0.2) is 17.3 Å². The Labute approximate surface area is 174 Å². The fraction of sp³-hybridized carbons (Fsp3) is 0.444. The number of allylic oxidation sites excluding steroid dienone is 2. The molecule has 0 fully saturated rings. The van der Waals surface area contributed by atoms with Crippen molar-refractivity contribution >= 4 is 5.71 Å². The van der Waals surface area contributed by atoms with Gasteiger partial charge in [-0.25, -0.2) is 4.58 Å². The van der Waals surface area contributed by atoms with Crippen molar-refractivity contribution in [1.29, 1.82) is 0 Å². The predicted molar refractivity (Wildman–Crippen MR) is 128 cm³/mol. The molecule has 0 aliphatic carbocycles. The maximum atomic E-state index is 2.26. The average molecular weight is 381 g/mol. The molecule has 0 N–H and O–H groups in total. The number of hydrogen-bond acceptors (Lipinski definition) is 0. The first-order valence-electron chi connectivity index (χ1n) is 9.83. The van der Waals surface area contributed by atoms with Crippen LogP contribution < -0.4 is 0 Å². The number of hydrogen-bond donors (Lipinski definition) is 0. The van der Waals surface area contributed by atoms with E-state index in [0.717, 1.165) is 0 Å². The molecule has 154 valence electrons. The standard InChI is InChI=1S/2C9H12.C8H14N.CH4/c1-7-4-5-8(2)9(3)6-7;1-7-5-4-6-8(2)9(7)3;1-6-5-7(2)9(4)8(6)3;/h2*4-6H,1-3H3;5H2,1-4H3;1H4/q;;+1;. The molecular weight excluding hydrogens is 338 g/mol. The lowest BCUT2D eigenvalue weighted by atomic mass is 10.1. The second-order valence-corrected chi connectivity index (χ2v) is 7.94. The molecule has 0 bridgehead atoms. The largest absolute Gasteiger partial charge is 0.207 e. The van der Waals surface area contributed by atoms with Crippen LogP contribution in [0.25, 0.3) is 0 Å². The van der Waals surface area contributed by atoms with Gasteiger partial charge in [0.1, 0.15) is 7.05 Å². The molecule has 3 rings (SSSR count). The minimum Gasteiger partial charge on any atom is -0.207 e. The molecule has 1 heteroatoms. The van der Waals surface area contributed by atoms with Crippen LogP contribution in [0.3, 0.4) is 0 Å². The summed E-state index contributed by atoms with van der Waals surface area (Å²) >= 11 is 0. The minimum absolute atomic E-state index is 0. The van der Waals surface area contributed by atoms with Gasteiger partial charge in [0, 0.05) is 19.4 Å². The number of rotatable bonds is 0. The molecule has 0 aromatic heterocycles. The Hall–Kier alpha value is -2.15. The summed E-state index contributed by atoms with van der Waals surface area (Å²) in [5.74, 6) is 0. The lowest BCUT2D eigenvalue weighted by Gasteiger charge is -2.00. The SMILES string of the molecule is C.CC1=C(C)[N+](C)=C(C)C1.Cc1ccc(C)c(C)c1.Cc1cccc(C)c1C. The summed E-state index contributed by atoms with van der Waals surface area (Å²) in [6.45, 7) is 19.4. The second kappa shape index (κ2) is 11.6. The van der Waals surface area contributed by atoms with Crippen molar-refractivity contribution in [3.05, 3.63) is 81.0 Å². The zero-order valence-electron chi connectivity index (χ0n) is 19.1. The summed E-state index contributed by atoms with van der Waals surface area (Å²) in [7, 11) is 2.13. The lowest BCUT2D eigenvalue weighted by Crippen LogP contribution is -2.04. The Morgan fingerprint density at radius 2 is 1.21 bits per heavy atom. The highest BCUT2D eigenvalue weighted by molar-refractivity contribution is 5.81. The molecular formula is C27H42N+. The Balaban J connectivity index is 0.000000384. The average Bonchev–Trinajstić information content (AvgIpc) is 2.83. The summed E-state index contributed by atoms with van der Waals surface area (Å²) in [6.07, 6.45) is 1.17. The maximum Gasteiger partial charge on any atom is 0.177 e. The number of nitrogens with zero attached hydrogens (tertiary/aromatic N) is 1. The van der Waals surface area contributed by atoms with Crippen molar-refractivity contribution < 1.29 is 4.58 Å². The zero-order valence-corrected chi connectivity index (χ0v) is 19.1. The van der Waals surface area contributed by atoms with Crippen molar-refractivity contribution in [2.75, 3.05) is 7.05 Å². The third kappa shape index (κ3) is 7.46. The predicted octanol–water partition coefficient (Wildman–Crippen LogP) is 7.65. The molecule has 28 heavy (non-hydrogen) atoms. The summed E-state index contributed by atoms with van der Waals surface area (Å²) in [5.41, 5.74) is 12.7. The highest BCUT2D eigenvalue weighted by Gasteiger charge is 2.19. The zero-order chi connectivity index (χ0) is 20.7. The summed E-state index contributed by atoms with van der Waals surface area (Å²) < 4.78 is 2.26.